The van der Waals surface area contributed by atoms with Crippen LogP contribution < -0.4 is 0 Å². The van der Waals surface area contributed by atoms with Crippen molar-refractivity contribution in [1.82, 2.24) is 9.13 Å². The highest BCUT2D eigenvalue weighted by Gasteiger charge is 2.45. The number of benzene rings is 4. The van der Waals surface area contributed by atoms with Gasteiger partial charge in [-0.05, 0) is 36.4 Å². The predicted molar refractivity (Wildman–Crippen MR) is 157 cm³/mol. The van der Waals surface area contributed by atoms with Crippen LogP contribution in [0.15, 0.2) is 79.1 Å². The minimum Gasteiger partial charge on any atom is -0.291 e. The van der Waals surface area contributed by atoms with Gasteiger partial charge < -0.3 is 0 Å². The first-order valence-electron chi connectivity index (χ1n) is 14.3. The second-order valence-electron chi connectivity index (χ2n) is 11.2. The summed E-state index contributed by atoms with van der Waals surface area (Å²) in [4.78, 5) is 0. The summed E-state index contributed by atoms with van der Waals surface area (Å²) in [5, 5.41) is 1.84. The Morgan fingerprint density at radius 1 is 0.510 bits per heavy atom. The van der Waals surface area contributed by atoms with Crippen molar-refractivity contribution in [1.29, 1.82) is 0 Å². The van der Waals surface area contributed by atoms with Crippen LogP contribution in [-0.4, -0.2) is 30.7 Å². The van der Waals surface area contributed by atoms with E-state index in [1.165, 1.54) is 10.8 Å². The molecule has 0 fully saturated rings. The first kappa shape index (κ1) is 32.1. The molecule has 49 heavy (non-hydrogen) atoms. The topological polar surface area (TPSA) is 15.9 Å². The van der Waals surface area contributed by atoms with Gasteiger partial charge in [0, 0.05) is 23.2 Å². The molecule has 0 saturated carbocycles. The molecule has 0 spiro atoms. The standard InChI is InChI=1S/C17H8F7N2.C17H11F4N2/c18-11-10(17(22,23)24)12(19)14(21)16(13(11)20)26-6-9-3-1-2-8-4-5-25(7-26)15(8)9;18-14-6-2-5-13(17(19,20)21)16(14)23-9-12-4-1-3-11-7-8-22(10-23)15(11)12/h1-6H,7H2;1-9H,10H2/q2*+1. The third-order valence-electron chi connectivity index (χ3n) is 8.23. The van der Waals surface area contributed by atoms with Gasteiger partial charge in [0.25, 0.3) is 11.4 Å². The van der Waals surface area contributed by atoms with E-state index in [0.29, 0.717) is 5.56 Å². The van der Waals surface area contributed by atoms with Gasteiger partial charge in [0.1, 0.15) is 11.1 Å². The molecule has 0 unspecified atom stereocenters. The van der Waals surface area contributed by atoms with Crippen LogP contribution in [0, 0.1) is 29.1 Å². The summed E-state index contributed by atoms with van der Waals surface area (Å²) in [7, 11) is 0. The Balaban J connectivity index is 0.000000155. The lowest BCUT2D eigenvalue weighted by atomic mass is 10.1. The highest BCUT2D eigenvalue weighted by molar-refractivity contribution is 5.98. The molecule has 0 aliphatic carbocycles. The van der Waals surface area contributed by atoms with Crippen molar-refractivity contribution in [2.24, 2.45) is 0 Å². The van der Waals surface area contributed by atoms with Crippen molar-refractivity contribution in [2.75, 3.05) is 0 Å². The fourth-order valence-electron chi connectivity index (χ4n) is 6.20. The number of halogens is 11. The largest absolute Gasteiger partial charge is 0.422 e. The van der Waals surface area contributed by atoms with Crippen molar-refractivity contribution in [3.8, 4) is 0 Å². The lowest BCUT2D eigenvalue weighted by Crippen LogP contribution is -2.23. The Bertz CT molecular complexity index is 2350. The Hall–Kier alpha value is -5.47. The van der Waals surface area contributed by atoms with E-state index in [1.54, 1.807) is 53.5 Å². The minimum absolute atomic E-state index is 0.129. The fraction of sp³-hybridized carbons (Fsp3) is 0.118. The summed E-state index contributed by atoms with van der Waals surface area (Å²) in [5.74, 6) is -10.0. The first-order chi connectivity index (χ1) is 23.1. The van der Waals surface area contributed by atoms with E-state index in [-0.39, 0.29) is 13.3 Å². The van der Waals surface area contributed by atoms with Crippen LogP contribution in [0.1, 0.15) is 22.3 Å². The van der Waals surface area contributed by atoms with E-state index < -0.39 is 63.9 Å². The van der Waals surface area contributed by atoms with E-state index in [0.717, 1.165) is 50.1 Å². The smallest absolute Gasteiger partial charge is 0.291 e. The zero-order valence-corrected chi connectivity index (χ0v) is 24.5. The molecule has 2 aliphatic heterocycles. The molecule has 0 radical (unpaired) electrons. The van der Waals surface area contributed by atoms with Gasteiger partial charge in [-0.1, -0.05) is 30.3 Å². The number of alkyl halides is 6. The molecule has 15 heteroatoms. The van der Waals surface area contributed by atoms with E-state index in [9.17, 15) is 48.3 Å². The normalized spacial score (nSPS) is 14.1. The number of rotatable bonds is 2. The third-order valence-corrected chi connectivity index (χ3v) is 8.23. The van der Waals surface area contributed by atoms with Gasteiger partial charge in [-0.15, -0.1) is 0 Å². The van der Waals surface area contributed by atoms with Crippen LogP contribution >= 0.6 is 0 Å². The summed E-state index contributed by atoms with van der Waals surface area (Å²) in [6.45, 7) is -0.0941. The maximum Gasteiger partial charge on any atom is 0.422 e. The van der Waals surface area contributed by atoms with Crippen LogP contribution in [0.3, 0.4) is 0 Å². The van der Waals surface area contributed by atoms with Crippen molar-refractivity contribution < 1.29 is 57.4 Å². The zero-order chi connectivity index (χ0) is 35.0. The summed E-state index contributed by atoms with van der Waals surface area (Å²) in [5.41, 5.74) is -2.30. The maximum absolute atomic E-state index is 14.3. The summed E-state index contributed by atoms with van der Waals surface area (Å²) in [6, 6.07) is 17.3. The molecule has 0 amide bonds. The van der Waals surface area contributed by atoms with Gasteiger partial charge in [0.15, 0.2) is 29.9 Å². The highest BCUT2D eigenvalue weighted by atomic mass is 19.4. The minimum atomic E-state index is -5.57. The molecule has 4 heterocycles. The van der Waals surface area contributed by atoms with Gasteiger partial charge in [-0.25, -0.2) is 8.78 Å². The molecule has 2 aliphatic rings. The molecular weight excluding hydrogens is 673 g/mol. The molecule has 0 N–H and O–H groups in total. The van der Waals surface area contributed by atoms with Crippen LogP contribution in [-0.2, 0) is 25.7 Å². The van der Waals surface area contributed by atoms with Gasteiger partial charge >= 0.3 is 12.4 Å². The quantitative estimate of drug-likeness (QED) is 0.0977. The molecular formula is C34H19F11N4+2. The second kappa shape index (κ2) is 11.3. The van der Waals surface area contributed by atoms with Gasteiger partial charge in [-0.3, -0.25) is 9.13 Å². The van der Waals surface area contributed by atoms with Crippen molar-refractivity contribution >= 4 is 45.6 Å². The van der Waals surface area contributed by atoms with Gasteiger partial charge in [-0.2, -0.15) is 48.7 Å². The number of nitrogens with zero attached hydrogens (tertiary/aromatic N) is 4. The van der Waals surface area contributed by atoms with Crippen LogP contribution in [0.25, 0.3) is 21.8 Å². The Kier molecular flexibility index (Phi) is 7.41. The first-order valence-corrected chi connectivity index (χ1v) is 14.3. The van der Waals surface area contributed by atoms with E-state index >= 15 is 0 Å². The van der Waals surface area contributed by atoms with Crippen LogP contribution in [0.2, 0.25) is 0 Å². The number of hydrogen-bond acceptors (Lipinski definition) is 0. The highest BCUT2D eigenvalue weighted by Crippen LogP contribution is 2.41. The number of hydrogen-bond donors (Lipinski definition) is 0. The van der Waals surface area contributed by atoms with Gasteiger partial charge in [0.2, 0.25) is 25.0 Å². The van der Waals surface area contributed by atoms with Crippen LogP contribution in [0.4, 0.5) is 59.7 Å². The zero-order valence-electron chi connectivity index (χ0n) is 24.5. The van der Waals surface area contributed by atoms with Crippen LogP contribution in [0.5, 0.6) is 0 Å². The molecule has 250 valence electrons. The Labute approximate surface area is 268 Å². The van der Waals surface area contributed by atoms with Crippen molar-refractivity contribution in [3.63, 3.8) is 0 Å². The third kappa shape index (κ3) is 5.33. The molecule has 4 aromatic carbocycles. The molecule has 0 atom stereocenters. The van der Waals surface area contributed by atoms with Crippen molar-refractivity contribution in [3.05, 3.63) is 130 Å². The van der Waals surface area contributed by atoms with Crippen molar-refractivity contribution in [2.45, 2.75) is 25.7 Å². The lowest BCUT2D eigenvalue weighted by Gasteiger charge is -2.16. The average Bonchev–Trinajstić information content (AvgIpc) is 3.65. The molecule has 0 bridgehead atoms. The predicted octanol–water partition coefficient (Wildman–Crippen LogP) is 9.48. The molecule has 4 nitrogen and oxygen atoms in total. The Morgan fingerprint density at radius 2 is 0.980 bits per heavy atom. The van der Waals surface area contributed by atoms with Gasteiger partial charge in [0.05, 0.1) is 22.2 Å². The molecule has 8 rings (SSSR count). The van der Waals surface area contributed by atoms with E-state index in [2.05, 4.69) is 0 Å². The monoisotopic (exact) mass is 692 g/mol. The fourth-order valence-corrected chi connectivity index (χ4v) is 6.20. The molecule has 6 aromatic rings. The Morgan fingerprint density at radius 3 is 1.45 bits per heavy atom. The maximum atomic E-state index is 14.3. The molecule has 0 saturated heterocycles. The van der Waals surface area contributed by atoms with E-state index in [1.807, 2.05) is 22.8 Å². The average molecular weight is 693 g/mol. The van der Waals surface area contributed by atoms with E-state index in [4.69, 9.17) is 0 Å². The SMILES string of the molecule is Fc1c(F)c(C(F)(F)F)c(F)c(F)c1[N+]1=Cc2cccc3ccn(c23)C1.Fc1cccc(C(F)(F)F)c1[N+]1=Cc2cccc3ccn(c23)C1. The summed E-state index contributed by atoms with van der Waals surface area (Å²) < 4.78 is 154. The molecule has 2 aromatic heterocycles. The second-order valence-corrected chi connectivity index (χ2v) is 11.2. The summed E-state index contributed by atoms with van der Waals surface area (Å²) >= 11 is 0. The lowest BCUT2D eigenvalue weighted by molar-refractivity contribution is -0.476. The summed E-state index contributed by atoms with van der Waals surface area (Å²) in [6.07, 6.45) is -4.00. The number of aromatic nitrogens is 2. The number of para-hydroxylation sites is 3.